The fourth-order valence-corrected chi connectivity index (χ4v) is 1.93. The molecule has 0 aromatic heterocycles. The van der Waals surface area contributed by atoms with E-state index in [4.69, 9.17) is 4.74 Å². The van der Waals surface area contributed by atoms with Crippen molar-refractivity contribution in [2.45, 2.75) is 52.1 Å². The molecule has 1 unspecified atom stereocenters. The number of rotatable bonds is 5. The fraction of sp³-hybridized carbons (Fsp3) is 0.562. The average Bonchev–Trinajstić information content (AvgIpc) is 2.32. The van der Waals surface area contributed by atoms with Gasteiger partial charge in [0.25, 0.3) is 0 Å². The number of ether oxygens (including phenoxy) is 1. The maximum absolute atomic E-state index is 11.7. The van der Waals surface area contributed by atoms with Gasteiger partial charge in [0.05, 0.1) is 0 Å². The molecule has 0 fully saturated rings. The molecule has 1 atom stereocenters. The van der Waals surface area contributed by atoms with Gasteiger partial charge in [-0.1, -0.05) is 12.1 Å². The Morgan fingerprint density at radius 3 is 2.50 bits per heavy atom. The van der Waals surface area contributed by atoms with Crippen LogP contribution in [0, 0.1) is 6.92 Å². The highest BCUT2D eigenvalue weighted by atomic mass is 16.6. The van der Waals surface area contributed by atoms with Gasteiger partial charge in [-0.25, -0.2) is 0 Å². The Balaban J connectivity index is 2.63. The van der Waals surface area contributed by atoms with Crippen LogP contribution in [0.15, 0.2) is 18.2 Å². The Hall–Kier alpha value is -1.55. The molecule has 4 heteroatoms. The maximum atomic E-state index is 11.7. The monoisotopic (exact) mass is 280 g/mol. The van der Waals surface area contributed by atoms with E-state index < -0.39 is 5.60 Å². The molecule has 0 spiro atoms. The van der Waals surface area contributed by atoms with Crippen LogP contribution in [0.25, 0.3) is 0 Å². The number of carbonyl (C=O) groups is 1. The van der Waals surface area contributed by atoms with E-state index in [2.05, 4.69) is 0 Å². The van der Waals surface area contributed by atoms with Crippen molar-refractivity contribution in [1.82, 2.24) is 0 Å². The van der Waals surface area contributed by atoms with Crippen LogP contribution in [0.3, 0.4) is 0 Å². The van der Waals surface area contributed by atoms with Gasteiger partial charge < -0.3 is 14.9 Å². The number of aromatic hydroxyl groups is 1. The number of hydrogen-bond donors (Lipinski definition) is 2. The molecule has 0 aliphatic heterocycles. The fourth-order valence-electron chi connectivity index (χ4n) is 1.93. The normalized spacial score (nSPS) is 13.1. The van der Waals surface area contributed by atoms with Crippen LogP contribution in [0.4, 0.5) is 0 Å². The van der Waals surface area contributed by atoms with Gasteiger partial charge in [0.2, 0.25) is 0 Å². The van der Waals surface area contributed by atoms with E-state index in [0.717, 1.165) is 11.1 Å². The van der Waals surface area contributed by atoms with Crippen molar-refractivity contribution in [3.63, 3.8) is 0 Å². The summed E-state index contributed by atoms with van der Waals surface area (Å²) in [7, 11) is 0. The molecule has 0 bridgehead atoms. The topological polar surface area (TPSA) is 66.8 Å². The van der Waals surface area contributed by atoms with E-state index >= 15 is 0 Å². The van der Waals surface area contributed by atoms with Gasteiger partial charge in [-0.2, -0.15) is 0 Å². The Kier molecular flexibility index (Phi) is 5.57. The molecule has 0 saturated carbocycles. The van der Waals surface area contributed by atoms with Crippen molar-refractivity contribution < 1.29 is 19.7 Å². The second-order valence-corrected chi connectivity index (χ2v) is 6.05. The summed E-state index contributed by atoms with van der Waals surface area (Å²) in [5, 5.41) is 19.2. The van der Waals surface area contributed by atoms with Crippen molar-refractivity contribution in [3.8, 4) is 5.75 Å². The molecular formula is C16H24O4. The smallest absolute Gasteiger partial charge is 0.306 e. The molecule has 2 N–H and O–H groups in total. The molecular weight excluding hydrogens is 256 g/mol. The molecule has 4 nitrogen and oxygen atoms in total. The molecule has 0 saturated heterocycles. The maximum Gasteiger partial charge on any atom is 0.306 e. The van der Waals surface area contributed by atoms with E-state index in [9.17, 15) is 15.0 Å². The van der Waals surface area contributed by atoms with Crippen LogP contribution in [0.1, 0.15) is 50.7 Å². The molecule has 0 aliphatic rings. The van der Waals surface area contributed by atoms with Gasteiger partial charge in [-0.05, 0) is 51.3 Å². The summed E-state index contributed by atoms with van der Waals surface area (Å²) >= 11 is 0. The number of aryl methyl sites for hydroxylation is 1. The van der Waals surface area contributed by atoms with Crippen LogP contribution in [0.5, 0.6) is 5.75 Å². The third-order valence-corrected chi connectivity index (χ3v) is 3.04. The quantitative estimate of drug-likeness (QED) is 0.814. The van der Waals surface area contributed by atoms with E-state index in [1.165, 1.54) is 0 Å². The molecule has 0 radical (unpaired) electrons. The Labute approximate surface area is 120 Å². The van der Waals surface area contributed by atoms with Gasteiger partial charge in [0, 0.05) is 18.9 Å². The number of aliphatic hydroxyl groups excluding tert-OH is 1. The van der Waals surface area contributed by atoms with Gasteiger partial charge in [-0.3, -0.25) is 4.79 Å². The highest BCUT2D eigenvalue weighted by Gasteiger charge is 2.19. The minimum atomic E-state index is -0.492. The largest absolute Gasteiger partial charge is 0.508 e. The highest BCUT2D eigenvalue weighted by Crippen LogP contribution is 2.26. The van der Waals surface area contributed by atoms with Crippen molar-refractivity contribution in [3.05, 3.63) is 29.3 Å². The van der Waals surface area contributed by atoms with Gasteiger partial charge in [-0.15, -0.1) is 0 Å². The van der Waals surface area contributed by atoms with Crippen molar-refractivity contribution in [1.29, 1.82) is 0 Å². The molecule has 0 aliphatic carbocycles. The lowest BCUT2D eigenvalue weighted by Gasteiger charge is -2.21. The molecule has 1 aromatic rings. The summed E-state index contributed by atoms with van der Waals surface area (Å²) in [5.74, 6) is -0.237. The SMILES string of the molecule is Cc1ccc(C(CO)CCC(=O)OC(C)(C)C)cc1O. The predicted octanol–water partition coefficient (Wildman–Crippen LogP) is 2.90. The Morgan fingerprint density at radius 2 is 2.00 bits per heavy atom. The zero-order chi connectivity index (χ0) is 15.3. The number of phenols is 1. The number of aliphatic hydroxyl groups is 1. The molecule has 20 heavy (non-hydrogen) atoms. The van der Waals surface area contributed by atoms with E-state index in [0.29, 0.717) is 6.42 Å². The first-order valence-corrected chi connectivity index (χ1v) is 6.85. The number of esters is 1. The summed E-state index contributed by atoms with van der Waals surface area (Å²) in [4.78, 5) is 11.7. The van der Waals surface area contributed by atoms with Gasteiger partial charge in [0.1, 0.15) is 11.4 Å². The lowest BCUT2D eigenvalue weighted by atomic mass is 9.94. The summed E-state index contributed by atoms with van der Waals surface area (Å²) in [6.45, 7) is 7.23. The molecule has 0 heterocycles. The zero-order valence-corrected chi connectivity index (χ0v) is 12.6. The summed E-state index contributed by atoms with van der Waals surface area (Å²) < 4.78 is 5.24. The predicted molar refractivity (Wildman–Crippen MR) is 77.7 cm³/mol. The minimum Gasteiger partial charge on any atom is -0.508 e. The van der Waals surface area contributed by atoms with Crippen molar-refractivity contribution >= 4 is 5.97 Å². The summed E-state index contributed by atoms with van der Waals surface area (Å²) in [6.07, 6.45) is 0.741. The standard InChI is InChI=1S/C16H24O4/c1-11-5-6-12(9-14(11)18)13(10-17)7-8-15(19)20-16(2,3)4/h5-6,9,13,17-18H,7-8,10H2,1-4H3. The first-order valence-electron chi connectivity index (χ1n) is 6.85. The third-order valence-electron chi connectivity index (χ3n) is 3.04. The Morgan fingerprint density at radius 1 is 1.35 bits per heavy atom. The molecule has 1 aromatic carbocycles. The van der Waals surface area contributed by atoms with Crippen LogP contribution >= 0.6 is 0 Å². The first-order chi connectivity index (χ1) is 9.23. The third kappa shape index (κ3) is 5.21. The summed E-state index contributed by atoms with van der Waals surface area (Å²) in [6, 6.07) is 5.32. The lowest BCUT2D eigenvalue weighted by Crippen LogP contribution is -2.24. The lowest BCUT2D eigenvalue weighted by molar-refractivity contribution is -0.155. The molecule has 0 amide bonds. The van der Waals surface area contributed by atoms with Gasteiger partial charge >= 0.3 is 5.97 Å². The summed E-state index contributed by atoms with van der Waals surface area (Å²) in [5.41, 5.74) is 1.13. The number of hydrogen-bond acceptors (Lipinski definition) is 4. The van der Waals surface area contributed by atoms with Crippen molar-refractivity contribution in [2.75, 3.05) is 6.61 Å². The highest BCUT2D eigenvalue weighted by molar-refractivity contribution is 5.69. The number of phenolic OH excluding ortho intramolecular Hbond substituents is 1. The van der Waals surface area contributed by atoms with Crippen LogP contribution in [-0.2, 0) is 9.53 Å². The minimum absolute atomic E-state index is 0.0642. The number of carbonyl (C=O) groups excluding carboxylic acids is 1. The van der Waals surface area contributed by atoms with Crippen LogP contribution in [-0.4, -0.2) is 28.4 Å². The van der Waals surface area contributed by atoms with E-state index in [1.807, 2.05) is 33.8 Å². The average molecular weight is 280 g/mol. The van der Waals surface area contributed by atoms with Gasteiger partial charge in [0.15, 0.2) is 0 Å². The van der Waals surface area contributed by atoms with E-state index in [1.54, 1.807) is 12.1 Å². The zero-order valence-electron chi connectivity index (χ0n) is 12.6. The molecule has 1 rings (SSSR count). The van der Waals surface area contributed by atoms with Crippen LogP contribution in [0.2, 0.25) is 0 Å². The second-order valence-electron chi connectivity index (χ2n) is 6.05. The molecule has 112 valence electrons. The first kappa shape index (κ1) is 16.5. The van der Waals surface area contributed by atoms with Crippen LogP contribution < -0.4 is 0 Å². The Bertz CT molecular complexity index is 460. The van der Waals surface area contributed by atoms with Crippen molar-refractivity contribution in [2.24, 2.45) is 0 Å². The number of benzene rings is 1. The second kappa shape index (κ2) is 6.75. The van der Waals surface area contributed by atoms with E-state index in [-0.39, 0.29) is 30.7 Å².